The molecule has 1 atom stereocenters. The summed E-state index contributed by atoms with van der Waals surface area (Å²) in [5.74, 6) is 0.314. The molecule has 2 rings (SSSR count). The molecule has 0 radical (unpaired) electrons. The lowest BCUT2D eigenvalue weighted by atomic mass is 9.76. The summed E-state index contributed by atoms with van der Waals surface area (Å²) in [6, 6.07) is 0. The number of nitrogens with one attached hydrogen (secondary N) is 1. The minimum absolute atomic E-state index is 0.00981. The van der Waals surface area contributed by atoms with Gasteiger partial charge >= 0.3 is 5.97 Å². The molecule has 98 valence electrons. The zero-order chi connectivity index (χ0) is 12.3. The van der Waals surface area contributed by atoms with Gasteiger partial charge < -0.3 is 14.8 Å². The van der Waals surface area contributed by atoms with Crippen LogP contribution in [0.3, 0.4) is 0 Å². The van der Waals surface area contributed by atoms with Gasteiger partial charge in [-0.05, 0) is 18.9 Å². The number of ether oxygens (including phenoxy) is 2. The van der Waals surface area contributed by atoms with E-state index in [4.69, 9.17) is 9.47 Å². The molecular formula is C13H23NO3. The van der Waals surface area contributed by atoms with Crippen molar-refractivity contribution in [1.82, 2.24) is 5.32 Å². The minimum atomic E-state index is -0.307. The van der Waals surface area contributed by atoms with Crippen molar-refractivity contribution in [3.8, 4) is 0 Å². The average molecular weight is 241 g/mol. The summed E-state index contributed by atoms with van der Waals surface area (Å²) < 4.78 is 11.0. The molecule has 2 aliphatic heterocycles. The van der Waals surface area contributed by atoms with Crippen LogP contribution < -0.4 is 5.32 Å². The van der Waals surface area contributed by atoms with E-state index in [-0.39, 0.29) is 17.5 Å². The SMILES string of the molecule is CC(C)C1(C(=O)OC2CCOCC2)CCNC1. The summed E-state index contributed by atoms with van der Waals surface area (Å²) in [6.45, 7) is 7.32. The first-order valence-corrected chi connectivity index (χ1v) is 6.65. The van der Waals surface area contributed by atoms with Gasteiger partial charge in [0, 0.05) is 19.4 Å². The molecule has 0 aromatic carbocycles. The molecule has 0 spiro atoms. The van der Waals surface area contributed by atoms with E-state index in [9.17, 15) is 4.79 Å². The van der Waals surface area contributed by atoms with Crippen LogP contribution in [0.2, 0.25) is 0 Å². The van der Waals surface area contributed by atoms with Crippen molar-refractivity contribution >= 4 is 5.97 Å². The van der Waals surface area contributed by atoms with Crippen molar-refractivity contribution < 1.29 is 14.3 Å². The molecule has 1 unspecified atom stereocenters. The molecule has 0 saturated carbocycles. The second-order valence-corrected chi connectivity index (χ2v) is 5.45. The van der Waals surface area contributed by atoms with Crippen molar-refractivity contribution in [1.29, 1.82) is 0 Å². The third-order valence-corrected chi connectivity index (χ3v) is 4.14. The van der Waals surface area contributed by atoms with E-state index in [1.54, 1.807) is 0 Å². The largest absolute Gasteiger partial charge is 0.462 e. The molecule has 0 aliphatic carbocycles. The Morgan fingerprint density at radius 3 is 2.65 bits per heavy atom. The molecule has 2 heterocycles. The van der Waals surface area contributed by atoms with Gasteiger partial charge in [0.15, 0.2) is 0 Å². The quantitative estimate of drug-likeness (QED) is 0.758. The fraction of sp³-hybridized carbons (Fsp3) is 0.923. The van der Waals surface area contributed by atoms with E-state index in [2.05, 4.69) is 19.2 Å². The Balaban J connectivity index is 1.96. The molecule has 2 fully saturated rings. The monoisotopic (exact) mass is 241 g/mol. The standard InChI is InChI=1S/C13H23NO3/c1-10(2)13(5-6-14-9-13)12(15)17-11-3-7-16-8-4-11/h10-11,14H,3-9H2,1-2H3. The Kier molecular flexibility index (Phi) is 4.05. The van der Waals surface area contributed by atoms with Crippen molar-refractivity contribution in [3.05, 3.63) is 0 Å². The number of carbonyl (C=O) groups excluding carboxylic acids is 1. The highest BCUT2D eigenvalue weighted by atomic mass is 16.6. The van der Waals surface area contributed by atoms with Gasteiger partial charge in [-0.1, -0.05) is 13.8 Å². The van der Waals surface area contributed by atoms with Crippen molar-refractivity contribution in [2.75, 3.05) is 26.3 Å². The lowest BCUT2D eigenvalue weighted by Crippen LogP contribution is -2.42. The third kappa shape index (κ3) is 2.63. The zero-order valence-electron chi connectivity index (χ0n) is 10.8. The predicted molar refractivity (Wildman–Crippen MR) is 64.7 cm³/mol. The Labute approximate surface area is 103 Å². The van der Waals surface area contributed by atoms with Gasteiger partial charge in [0.05, 0.1) is 18.6 Å². The van der Waals surface area contributed by atoms with Crippen molar-refractivity contribution in [2.24, 2.45) is 11.3 Å². The second kappa shape index (κ2) is 5.36. The maximum Gasteiger partial charge on any atom is 0.313 e. The van der Waals surface area contributed by atoms with Gasteiger partial charge in [-0.15, -0.1) is 0 Å². The fourth-order valence-corrected chi connectivity index (χ4v) is 2.68. The van der Waals surface area contributed by atoms with E-state index in [1.807, 2.05) is 0 Å². The number of carbonyl (C=O) groups is 1. The first-order chi connectivity index (χ1) is 8.15. The third-order valence-electron chi connectivity index (χ3n) is 4.14. The topological polar surface area (TPSA) is 47.6 Å². The van der Waals surface area contributed by atoms with Crippen LogP contribution in [0.15, 0.2) is 0 Å². The van der Waals surface area contributed by atoms with E-state index < -0.39 is 0 Å². The highest BCUT2D eigenvalue weighted by molar-refractivity contribution is 5.78. The Morgan fingerprint density at radius 2 is 2.12 bits per heavy atom. The van der Waals surface area contributed by atoms with Gasteiger partial charge in [-0.25, -0.2) is 0 Å². The molecule has 0 aromatic rings. The minimum Gasteiger partial charge on any atom is -0.462 e. The Morgan fingerprint density at radius 1 is 1.41 bits per heavy atom. The molecule has 0 aromatic heterocycles. The molecule has 1 N–H and O–H groups in total. The molecule has 4 nitrogen and oxygen atoms in total. The van der Waals surface area contributed by atoms with Crippen LogP contribution in [0.25, 0.3) is 0 Å². The van der Waals surface area contributed by atoms with Crippen molar-refractivity contribution in [2.45, 2.75) is 39.2 Å². The van der Waals surface area contributed by atoms with E-state index in [0.29, 0.717) is 19.1 Å². The number of hydrogen-bond acceptors (Lipinski definition) is 4. The second-order valence-electron chi connectivity index (χ2n) is 5.45. The smallest absolute Gasteiger partial charge is 0.313 e. The van der Waals surface area contributed by atoms with E-state index >= 15 is 0 Å². The van der Waals surface area contributed by atoms with Gasteiger partial charge in [-0.2, -0.15) is 0 Å². The maximum atomic E-state index is 12.4. The fourth-order valence-electron chi connectivity index (χ4n) is 2.68. The molecule has 2 aliphatic rings. The number of hydrogen-bond donors (Lipinski definition) is 1. The molecular weight excluding hydrogens is 218 g/mol. The van der Waals surface area contributed by atoms with Crippen LogP contribution >= 0.6 is 0 Å². The Hall–Kier alpha value is -0.610. The number of esters is 1. The molecule has 2 saturated heterocycles. The van der Waals surface area contributed by atoms with Crippen LogP contribution in [0.1, 0.15) is 33.1 Å². The van der Waals surface area contributed by atoms with Gasteiger partial charge in [0.25, 0.3) is 0 Å². The van der Waals surface area contributed by atoms with Gasteiger partial charge in [-0.3, -0.25) is 4.79 Å². The first-order valence-electron chi connectivity index (χ1n) is 6.65. The summed E-state index contributed by atoms with van der Waals surface area (Å²) in [5, 5.41) is 3.29. The van der Waals surface area contributed by atoms with Gasteiger partial charge in [0.1, 0.15) is 6.10 Å². The van der Waals surface area contributed by atoms with Gasteiger partial charge in [0.2, 0.25) is 0 Å². The Bertz CT molecular complexity index is 266. The summed E-state index contributed by atoms with van der Waals surface area (Å²) in [4.78, 5) is 12.4. The zero-order valence-corrected chi connectivity index (χ0v) is 10.8. The normalized spacial score (nSPS) is 30.8. The molecule has 0 amide bonds. The predicted octanol–water partition coefficient (Wildman–Crippen LogP) is 1.34. The summed E-state index contributed by atoms with van der Waals surface area (Å²) in [5.41, 5.74) is -0.307. The molecule has 17 heavy (non-hydrogen) atoms. The maximum absolute atomic E-state index is 12.4. The van der Waals surface area contributed by atoms with Crippen LogP contribution in [0, 0.1) is 11.3 Å². The highest BCUT2D eigenvalue weighted by Crippen LogP contribution is 2.36. The van der Waals surface area contributed by atoms with Crippen LogP contribution in [0.4, 0.5) is 0 Å². The lowest BCUT2D eigenvalue weighted by Gasteiger charge is -2.33. The van der Waals surface area contributed by atoms with E-state index in [1.165, 1.54) is 0 Å². The summed E-state index contributed by atoms with van der Waals surface area (Å²) >= 11 is 0. The van der Waals surface area contributed by atoms with Crippen LogP contribution in [0.5, 0.6) is 0 Å². The lowest BCUT2D eigenvalue weighted by molar-refractivity contribution is -0.167. The highest BCUT2D eigenvalue weighted by Gasteiger charge is 2.46. The molecule has 4 heteroatoms. The average Bonchev–Trinajstić information content (AvgIpc) is 2.80. The van der Waals surface area contributed by atoms with E-state index in [0.717, 1.165) is 32.4 Å². The summed E-state index contributed by atoms with van der Waals surface area (Å²) in [6.07, 6.45) is 2.64. The van der Waals surface area contributed by atoms with Crippen LogP contribution in [-0.2, 0) is 14.3 Å². The molecule has 0 bridgehead atoms. The first kappa shape index (κ1) is 12.8. The van der Waals surface area contributed by atoms with Crippen molar-refractivity contribution in [3.63, 3.8) is 0 Å². The van der Waals surface area contributed by atoms with Crippen LogP contribution in [-0.4, -0.2) is 38.4 Å². The summed E-state index contributed by atoms with van der Waals surface area (Å²) in [7, 11) is 0. The number of rotatable bonds is 3.